The Morgan fingerprint density at radius 1 is 1.47 bits per heavy atom. The van der Waals surface area contributed by atoms with E-state index in [4.69, 9.17) is 5.11 Å². The van der Waals surface area contributed by atoms with Gasteiger partial charge in [-0.2, -0.15) is 5.10 Å². The zero-order valence-electron chi connectivity index (χ0n) is 7.79. The van der Waals surface area contributed by atoms with Crippen molar-refractivity contribution in [1.82, 2.24) is 0 Å². The number of hydrogen-bond donors (Lipinski definition) is 2. The molecule has 0 aliphatic heterocycles. The molecule has 0 fully saturated rings. The molecule has 0 unspecified atom stereocenters. The number of anilines is 1. The van der Waals surface area contributed by atoms with E-state index in [-0.39, 0.29) is 11.4 Å². The number of aliphatic carboxylic acids is 1. The maximum absolute atomic E-state index is 13.0. The molecule has 80 valence electrons. The second-order valence-electron chi connectivity index (χ2n) is 2.74. The van der Waals surface area contributed by atoms with Crippen molar-refractivity contribution in [2.24, 2.45) is 5.10 Å². The zero-order chi connectivity index (χ0) is 11.4. The summed E-state index contributed by atoms with van der Waals surface area (Å²) in [5.74, 6) is -2.76. The van der Waals surface area contributed by atoms with Gasteiger partial charge in [-0.15, -0.1) is 0 Å². The van der Waals surface area contributed by atoms with Gasteiger partial charge in [-0.05, 0) is 19.1 Å². The Bertz CT molecular complexity index is 419. The van der Waals surface area contributed by atoms with Crippen LogP contribution in [0.2, 0.25) is 0 Å². The average Bonchev–Trinajstić information content (AvgIpc) is 2.15. The van der Waals surface area contributed by atoms with Crippen LogP contribution < -0.4 is 5.43 Å². The number of benzene rings is 1. The Balaban J connectivity index is 2.82. The van der Waals surface area contributed by atoms with Gasteiger partial charge in [-0.3, -0.25) is 5.43 Å². The first-order valence-corrected chi connectivity index (χ1v) is 3.99. The predicted octanol–water partition coefficient (Wildman–Crippen LogP) is 1.84. The lowest BCUT2D eigenvalue weighted by Crippen LogP contribution is -2.10. The van der Waals surface area contributed by atoms with Crippen molar-refractivity contribution in [3.63, 3.8) is 0 Å². The molecule has 1 aromatic rings. The van der Waals surface area contributed by atoms with Crippen LogP contribution >= 0.6 is 0 Å². The predicted molar refractivity (Wildman–Crippen MR) is 50.7 cm³/mol. The van der Waals surface area contributed by atoms with Crippen LogP contribution in [-0.4, -0.2) is 16.8 Å². The normalized spacial score (nSPS) is 11.3. The van der Waals surface area contributed by atoms with Crippen molar-refractivity contribution < 1.29 is 18.7 Å². The fraction of sp³-hybridized carbons (Fsp3) is 0.111. The topological polar surface area (TPSA) is 61.7 Å². The number of nitrogens with zero attached hydrogens (tertiary/aromatic N) is 1. The van der Waals surface area contributed by atoms with Gasteiger partial charge in [0, 0.05) is 6.07 Å². The average molecular weight is 214 g/mol. The molecule has 0 atom stereocenters. The van der Waals surface area contributed by atoms with Gasteiger partial charge >= 0.3 is 5.97 Å². The molecule has 0 aliphatic carbocycles. The van der Waals surface area contributed by atoms with Gasteiger partial charge in [-0.1, -0.05) is 0 Å². The monoisotopic (exact) mass is 214 g/mol. The van der Waals surface area contributed by atoms with Crippen molar-refractivity contribution in [2.75, 3.05) is 5.43 Å². The molecule has 0 radical (unpaired) electrons. The molecule has 1 aromatic carbocycles. The maximum atomic E-state index is 13.0. The first kappa shape index (κ1) is 11.1. The summed E-state index contributed by atoms with van der Waals surface area (Å²) in [6.45, 7) is 1.25. The molecule has 1 rings (SSSR count). The Morgan fingerprint density at radius 2 is 2.13 bits per heavy atom. The van der Waals surface area contributed by atoms with Crippen molar-refractivity contribution in [2.45, 2.75) is 6.92 Å². The zero-order valence-corrected chi connectivity index (χ0v) is 7.79. The van der Waals surface area contributed by atoms with E-state index in [0.717, 1.165) is 12.1 Å². The minimum Gasteiger partial charge on any atom is -0.477 e. The number of hydrazone groups is 1. The Kier molecular flexibility index (Phi) is 3.33. The number of halogens is 2. The second kappa shape index (κ2) is 4.50. The molecule has 0 aliphatic rings. The van der Waals surface area contributed by atoms with Crippen molar-refractivity contribution in [3.05, 3.63) is 29.8 Å². The van der Waals surface area contributed by atoms with Gasteiger partial charge in [0.25, 0.3) is 0 Å². The van der Waals surface area contributed by atoms with E-state index >= 15 is 0 Å². The molecule has 0 bridgehead atoms. The number of carbonyl (C=O) groups is 1. The molecule has 0 spiro atoms. The van der Waals surface area contributed by atoms with Crippen LogP contribution in [0.5, 0.6) is 0 Å². The van der Waals surface area contributed by atoms with E-state index in [2.05, 4.69) is 10.5 Å². The fourth-order valence-corrected chi connectivity index (χ4v) is 0.772. The van der Waals surface area contributed by atoms with Crippen LogP contribution in [0.1, 0.15) is 6.92 Å². The summed E-state index contributed by atoms with van der Waals surface area (Å²) in [5, 5.41) is 11.8. The van der Waals surface area contributed by atoms with Crippen molar-refractivity contribution in [3.8, 4) is 0 Å². The molecule has 0 heterocycles. The van der Waals surface area contributed by atoms with Gasteiger partial charge in [0.05, 0.1) is 5.69 Å². The van der Waals surface area contributed by atoms with E-state index in [9.17, 15) is 13.6 Å². The lowest BCUT2D eigenvalue weighted by atomic mass is 10.3. The Labute approximate surface area is 84.2 Å². The SMILES string of the molecule is C/C(=N\Nc1ccc(F)cc1F)C(=O)O. The van der Waals surface area contributed by atoms with E-state index in [1.165, 1.54) is 6.92 Å². The third-order valence-electron chi connectivity index (χ3n) is 1.58. The molecule has 0 saturated carbocycles. The number of nitrogens with one attached hydrogen (secondary N) is 1. The smallest absolute Gasteiger partial charge is 0.351 e. The van der Waals surface area contributed by atoms with Gasteiger partial charge in [-0.25, -0.2) is 13.6 Å². The summed E-state index contributed by atoms with van der Waals surface area (Å²) in [6.07, 6.45) is 0. The van der Waals surface area contributed by atoms with E-state index in [1.54, 1.807) is 0 Å². The van der Waals surface area contributed by atoms with Crippen molar-refractivity contribution >= 4 is 17.4 Å². The van der Waals surface area contributed by atoms with Gasteiger partial charge in [0.2, 0.25) is 0 Å². The number of carboxylic acids is 1. The highest BCUT2D eigenvalue weighted by atomic mass is 19.1. The quantitative estimate of drug-likeness (QED) is 0.596. The summed E-state index contributed by atoms with van der Waals surface area (Å²) in [6, 6.07) is 2.84. The molecule has 0 saturated heterocycles. The Morgan fingerprint density at radius 3 is 2.67 bits per heavy atom. The minimum absolute atomic E-state index is 0.0861. The number of carboxylic acid groups (broad SMARTS) is 1. The standard InChI is InChI=1S/C9H8F2N2O2/c1-5(9(14)15)12-13-8-3-2-6(10)4-7(8)11/h2-4,13H,1H3,(H,14,15)/b12-5+. The highest BCUT2D eigenvalue weighted by Crippen LogP contribution is 2.14. The molecular formula is C9H8F2N2O2. The van der Waals surface area contributed by atoms with Crippen LogP contribution in [0, 0.1) is 11.6 Å². The lowest BCUT2D eigenvalue weighted by Gasteiger charge is -2.02. The molecular weight excluding hydrogens is 206 g/mol. The fourth-order valence-electron chi connectivity index (χ4n) is 0.772. The maximum Gasteiger partial charge on any atom is 0.351 e. The number of hydrogen-bond acceptors (Lipinski definition) is 3. The Hall–Kier alpha value is -1.98. The summed E-state index contributed by atoms with van der Waals surface area (Å²) in [7, 11) is 0. The third kappa shape index (κ3) is 3.01. The van der Waals surface area contributed by atoms with Crippen LogP contribution in [-0.2, 0) is 4.79 Å². The molecule has 0 amide bonds. The van der Waals surface area contributed by atoms with E-state index < -0.39 is 17.6 Å². The van der Waals surface area contributed by atoms with Gasteiger partial charge in [0.15, 0.2) is 5.82 Å². The van der Waals surface area contributed by atoms with Crippen LogP contribution in [0.4, 0.5) is 14.5 Å². The van der Waals surface area contributed by atoms with Crippen molar-refractivity contribution in [1.29, 1.82) is 0 Å². The van der Waals surface area contributed by atoms with Gasteiger partial charge in [0.1, 0.15) is 11.5 Å². The summed E-state index contributed by atoms with van der Waals surface area (Å²) >= 11 is 0. The minimum atomic E-state index is -1.22. The number of rotatable bonds is 3. The van der Waals surface area contributed by atoms with Crippen LogP contribution in [0.25, 0.3) is 0 Å². The third-order valence-corrected chi connectivity index (χ3v) is 1.58. The summed E-state index contributed by atoms with van der Waals surface area (Å²) in [4.78, 5) is 10.3. The van der Waals surface area contributed by atoms with Gasteiger partial charge < -0.3 is 5.11 Å². The molecule has 15 heavy (non-hydrogen) atoms. The molecule has 2 N–H and O–H groups in total. The first-order valence-electron chi connectivity index (χ1n) is 3.99. The van der Waals surface area contributed by atoms with Crippen LogP contribution in [0.15, 0.2) is 23.3 Å². The molecule has 0 aromatic heterocycles. The molecule has 6 heteroatoms. The van der Waals surface area contributed by atoms with E-state index in [1.807, 2.05) is 0 Å². The largest absolute Gasteiger partial charge is 0.477 e. The lowest BCUT2D eigenvalue weighted by molar-refractivity contribution is -0.129. The second-order valence-corrected chi connectivity index (χ2v) is 2.74. The van der Waals surface area contributed by atoms with Crippen LogP contribution in [0.3, 0.4) is 0 Å². The molecule has 4 nitrogen and oxygen atoms in total. The first-order chi connectivity index (χ1) is 7.00. The van der Waals surface area contributed by atoms with E-state index in [0.29, 0.717) is 6.07 Å². The highest BCUT2D eigenvalue weighted by Gasteiger charge is 2.04. The highest BCUT2D eigenvalue weighted by molar-refractivity contribution is 6.34. The summed E-state index contributed by atoms with van der Waals surface area (Å²) < 4.78 is 25.5. The summed E-state index contributed by atoms with van der Waals surface area (Å²) in [5.41, 5.74) is 1.88.